The molecule has 5 nitrogen and oxygen atoms in total. The molecule has 2 aromatic carbocycles. The third-order valence-electron chi connectivity index (χ3n) is 4.31. The first-order valence-electron chi connectivity index (χ1n) is 8.83. The van der Waals surface area contributed by atoms with Crippen LogP contribution >= 0.6 is 11.6 Å². The van der Waals surface area contributed by atoms with Gasteiger partial charge in [-0.15, -0.1) is 11.6 Å². The highest BCUT2D eigenvalue weighted by atomic mass is 35.5. The Morgan fingerprint density at radius 2 is 1.79 bits per heavy atom. The average molecular weight is 427 g/mol. The van der Waals surface area contributed by atoms with E-state index in [1.54, 1.807) is 43.5 Å². The summed E-state index contributed by atoms with van der Waals surface area (Å²) in [4.78, 5) is 0.158. The van der Waals surface area contributed by atoms with Crippen LogP contribution in [-0.4, -0.2) is 25.1 Å². The minimum atomic E-state index is -3.65. The second-order valence-electron chi connectivity index (χ2n) is 6.36. The number of rotatable bonds is 6. The van der Waals surface area contributed by atoms with Crippen LogP contribution in [-0.2, 0) is 16.6 Å². The SMILES string of the molecule is CN(Cc1ccccc1)S(=O)(=O)c1ccc(OC2=C(C#N)C(Cl)C=CC=C2)cc1. The summed E-state index contributed by atoms with van der Waals surface area (Å²) in [5, 5.41) is 8.76. The number of hydrogen-bond acceptors (Lipinski definition) is 4. The second-order valence-corrected chi connectivity index (χ2v) is 8.87. The smallest absolute Gasteiger partial charge is 0.243 e. The second kappa shape index (κ2) is 9.10. The Bertz CT molecular complexity index is 1100. The summed E-state index contributed by atoms with van der Waals surface area (Å²) in [6.07, 6.45) is 6.80. The van der Waals surface area contributed by atoms with Crippen molar-refractivity contribution < 1.29 is 13.2 Å². The zero-order chi connectivity index (χ0) is 20.9. The highest BCUT2D eigenvalue weighted by molar-refractivity contribution is 7.89. The molecule has 0 saturated carbocycles. The van der Waals surface area contributed by atoms with Gasteiger partial charge in [-0.3, -0.25) is 0 Å². The maximum Gasteiger partial charge on any atom is 0.243 e. The highest BCUT2D eigenvalue weighted by Crippen LogP contribution is 2.25. The molecule has 0 N–H and O–H groups in total. The summed E-state index contributed by atoms with van der Waals surface area (Å²) in [6, 6.07) is 17.5. The number of allylic oxidation sites excluding steroid dienone is 5. The summed E-state index contributed by atoms with van der Waals surface area (Å²) in [5.74, 6) is 0.738. The van der Waals surface area contributed by atoms with Crippen LogP contribution in [0.1, 0.15) is 5.56 Å². The van der Waals surface area contributed by atoms with Crippen molar-refractivity contribution >= 4 is 21.6 Å². The standard InChI is InChI=1S/C22H19ClN2O3S/c1-25(16-17-7-3-2-4-8-17)29(26,27)19-13-11-18(12-14-19)28-22-10-6-5-9-21(23)20(22)15-24/h2-14,21H,16H2,1H3. The zero-order valence-corrected chi connectivity index (χ0v) is 17.3. The normalized spacial score (nSPS) is 16.6. The summed E-state index contributed by atoms with van der Waals surface area (Å²) in [6.45, 7) is 0.273. The van der Waals surface area contributed by atoms with Crippen LogP contribution in [0, 0.1) is 11.3 Å². The zero-order valence-electron chi connectivity index (χ0n) is 15.7. The van der Waals surface area contributed by atoms with E-state index in [0.29, 0.717) is 11.5 Å². The van der Waals surface area contributed by atoms with Gasteiger partial charge in [0.2, 0.25) is 10.0 Å². The van der Waals surface area contributed by atoms with Crippen LogP contribution in [0.15, 0.2) is 95.1 Å². The van der Waals surface area contributed by atoms with Gasteiger partial charge in [-0.05, 0) is 35.9 Å². The van der Waals surface area contributed by atoms with Crippen molar-refractivity contribution in [3.8, 4) is 11.8 Å². The van der Waals surface area contributed by atoms with Crippen LogP contribution < -0.4 is 4.74 Å². The number of ether oxygens (including phenoxy) is 1. The van der Waals surface area contributed by atoms with Gasteiger partial charge in [-0.2, -0.15) is 9.57 Å². The highest BCUT2D eigenvalue weighted by Gasteiger charge is 2.21. The Labute approximate surface area is 175 Å². The lowest BCUT2D eigenvalue weighted by Gasteiger charge is -2.17. The molecule has 1 atom stereocenters. The van der Waals surface area contributed by atoms with Gasteiger partial charge in [0.25, 0.3) is 0 Å². The predicted octanol–water partition coefficient (Wildman–Crippen LogP) is 4.40. The van der Waals surface area contributed by atoms with Crippen molar-refractivity contribution in [1.82, 2.24) is 4.31 Å². The Morgan fingerprint density at radius 1 is 1.10 bits per heavy atom. The summed E-state index contributed by atoms with van der Waals surface area (Å²) in [7, 11) is -2.11. The van der Waals surface area contributed by atoms with Crippen molar-refractivity contribution in [2.24, 2.45) is 0 Å². The first-order chi connectivity index (χ1) is 13.9. The van der Waals surface area contributed by atoms with E-state index in [-0.39, 0.29) is 17.0 Å². The molecule has 0 aliphatic heterocycles. The fourth-order valence-corrected chi connectivity index (χ4v) is 4.14. The van der Waals surface area contributed by atoms with Crippen molar-refractivity contribution in [3.63, 3.8) is 0 Å². The van der Waals surface area contributed by atoms with Crippen LogP contribution in [0.25, 0.3) is 0 Å². The van der Waals surface area contributed by atoms with Crippen LogP contribution in [0.2, 0.25) is 0 Å². The molecule has 29 heavy (non-hydrogen) atoms. The molecule has 0 amide bonds. The van der Waals surface area contributed by atoms with Crippen molar-refractivity contribution in [2.45, 2.75) is 16.8 Å². The molecule has 3 rings (SSSR count). The van der Waals surface area contributed by atoms with E-state index in [4.69, 9.17) is 16.3 Å². The Hall–Kier alpha value is -2.85. The van der Waals surface area contributed by atoms with Crippen LogP contribution in [0.4, 0.5) is 0 Å². The summed E-state index contributed by atoms with van der Waals surface area (Å²) in [5.41, 5.74) is 1.19. The molecule has 148 valence electrons. The largest absolute Gasteiger partial charge is 0.456 e. The van der Waals surface area contributed by atoms with E-state index in [1.807, 2.05) is 30.3 Å². The van der Waals surface area contributed by atoms with Crippen molar-refractivity contribution in [2.75, 3.05) is 7.05 Å². The van der Waals surface area contributed by atoms with E-state index in [2.05, 4.69) is 6.07 Å². The lowest BCUT2D eigenvalue weighted by Crippen LogP contribution is -2.26. The van der Waals surface area contributed by atoms with Gasteiger partial charge < -0.3 is 4.74 Å². The summed E-state index contributed by atoms with van der Waals surface area (Å²) >= 11 is 6.16. The fourth-order valence-electron chi connectivity index (χ4n) is 2.74. The molecule has 0 saturated heterocycles. The Morgan fingerprint density at radius 3 is 2.45 bits per heavy atom. The Kier molecular flexibility index (Phi) is 6.55. The molecular formula is C22H19ClN2O3S. The number of nitriles is 1. The monoisotopic (exact) mass is 426 g/mol. The molecule has 1 aliphatic carbocycles. The minimum Gasteiger partial charge on any atom is -0.456 e. The minimum absolute atomic E-state index is 0.158. The van der Waals surface area contributed by atoms with Gasteiger partial charge in [0.15, 0.2) is 0 Å². The van der Waals surface area contributed by atoms with Gasteiger partial charge >= 0.3 is 0 Å². The molecule has 0 aromatic heterocycles. The van der Waals surface area contributed by atoms with Gasteiger partial charge in [-0.25, -0.2) is 8.42 Å². The lowest BCUT2D eigenvalue weighted by molar-refractivity contribution is 0.438. The molecule has 2 aromatic rings. The first-order valence-corrected chi connectivity index (χ1v) is 10.7. The maximum atomic E-state index is 12.8. The van der Waals surface area contributed by atoms with E-state index < -0.39 is 15.4 Å². The predicted molar refractivity (Wildman–Crippen MR) is 113 cm³/mol. The van der Waals surface area contributed by atoms with E-state index in [1.165, 1.54) is 16.4 Å². The molecule has 0 fully saturated rings. The van der Waals surface area contributed by atoms with E-state index >= 15 is 0 Å². The number of sulfonamides is 1. The van der Waals surface area contributed by atoms with Crippen LogP contribution in [0.5, 0.6) is 5.75 Å². The fraction of sp³-hybridized carbons (Fsp3) is 0.136. The molecule has 0 heterocycles. The average Bonchev–Trinajstić information content (AvgIpc) is 2.89. The van der Waals surface area contributed by atoms with E-state index in [9.17, 15) is 13.7 Å². The number of benzene rings is 2. The third-order valence-corrected chi connectivity index (χ3v) is 6.49. The van der Waals surface area contributed by atoms with Gasteiger partial charge in [0, 0.05) is 13.6 Å². The van der Waals surface area contributed by atoms with Gasteiger partial charge in [-0.1, -0.05) is 48.6 Å². The van der Waals surface area contributed by atoms with Crippen molar-refractivity contribution in [1.29, 1.82) is 5.26 Å². The van der Waals surface area contributed by atoms with Crippen LogP contribution in [0.3, 0.4) is 0 Å². The molecular weight excluding hydrogens is 408 g/mol. The lowest BCUT2D eigenvalue weighted by atomic mass is 10.2. The molecule has 0 spiro atoms. The van der Waals surface area contributed by atoms with Gasteiger partial charge in [0.05, 0.1) is 15.8 Å². The number of alkyl halides is 1. The quantitative estimate of drug-likeness (QED) is 0.642. The number of nitrogens with zero attached hydrogens (tertiary/aromatic N) is 2. The molecule has 7 heteroatoms. The first kappa shape index (κ1) is 20.9. The van der Waals surface area contributed by atoms with Gasteiger partial charge in [0.1, 0.15) is 17.6 Å². The molecule has 0 bridgehead atoms. The topological polar surface area (TPSA) is 70.4 Å². The summed E-state index contributed by atoms with van der Waals surface area (Å²) < 4.78 is 32.7. The van der Waals surface area contributed by atoms with Crippen molar-refractivity contribution in [3.05, 3.63) is 95.8 Å². The molecule has 1 unspecified atom stereocenters. The number of hydrogen-bond donors (Lipinski definition) is 0. The third kappa shape index (κ3) is 4.96. The van der Waals surface area contributed by atoms with E-state index in [0.717, 1.165) is 5.56 Å². The maximum absolute atomic E-state index is 12.8. The molecule has 1 aliphatic rings. The Balaban J connectivity index is 1.78. The number of halogens is 1. The molecule has 0 radical (unpaired) electrons.